The Balaban J connectivity index is 1.90. The third-order valence-electron chi connectivity index (χ3n) is 4.22. The minimum Gasteiger partial charge on any atom is -0.459 e. The molecule has 1 N–H and O–H groups in total. The van der Waals surface area contributed by atoms with Gasteiger partial charge in [-0.1, -0.05) is 13.8 Å². The molecular weight excluding hydrogens is 294 g/mol. The number of aromatic nitrogens is 2. The summed E-state index contributed by atoms with van der Waals surface area (Å²) in [6.07, 6.45) is 6.22. The molecule has 2 aromatic heterocycles. The zero-order chi connectivity index (χ0) is 16.3. The van der Waals surface area contributed by atoms with E-state index in [1.54, 1.807) is 24.7 Å². The fourth-order valence-electron chi connectivity index (χ4n) is 2.90. The van der Waals surface area contributed by atoms with E-state index in [0.29, 0.717) is 37.6 Å². The molecule has 0 aromatic carbocycles. The summed E-state index contributed by atoms with van der Waals surface area (Å²) in [6.45, 7) is 5.19. The van der Waals surface area contributed by atoms with Crippen LogP contribution >= 0.6 is 0 Å². The molecule has 1 fully saturated rings. The lowest BCUT2D eigenvalue weighted by Crippen LogP contribution is -2.50. The Morgan fingerprint density at radius 3 is 2.61 bits per heavy atom. The molecule has 0 saturated carbocycles. The number of hydrogen-bond donors (Lipinski definition) is 1. The van der Waals surface area contributed by atoms with Crippen LogP contribution in [0.2, 0.25) is 0 Å². The molecule has 1 saturated heterocycles. The summed E-state index contributed by atoms with van der Waals surface area (Å²) >= 11 is 0. The number of nitrogens with zero attached hydrogens (tertiary/aromatic N) is 2. The van der Waals surface area contributed by atoms with Gasteiger partial charge in [0.15, 0.2) is 11.6 Å². The van der Waals surface area contributed by atoms with Crippen molar-refractivity contribution in [3.05, 3.63) is 47.9 Å². The number of furan rings is 1. The highest BCUT2D eigenvalue weighted by atomic mass is 16.5. The number of carbonyl (C=O) groups excluding carboxylic acids is 1. The molecule has 0 radical (unpaired) electrons. The van der Waals surface area contributed by atoms with Crippen LogP contribution in [0.25, 0.3) is 0 Å². The second-order valence-corrected chi connectivity index (χ2v) is 6.08. The lowest BCUT2D eigenvalue weighted by molar-refractivity contribution is 0.0305. The highest BCUT2D eigenvalue weighted by Crippen LogP contribution is 2.31. The first-order chi connectivity index (χ1) is 11.1. The second-order valence-electron chi connectivity index (χ2n) is 6.08. The zero-order valence-electron chi connectivity index (χ0n) is 13.4. The maximum absolute atomic E-state index is 12.8. The molecule has 3 rings (SSSR count). The monoisotopic (exact) mass is 315 g/mol. The molecule has 6 heteroatoms. The van der Waals surface area contributed by atoms with Crippen LogP contribution in [0, 0.1) is 0 Å². The van der Waals surface area contributed by atoms with Crippen molar-refractivity contribution in [3.8, 4) is 0 Å². The number of rotatable bonds is 4. The molecule has 1 aliphatic rings. The summed E-state index contributed by atoms with van der Waals surface area (Å²) in [7, 11) is 0. The van der Waals surface area contributed by atoms with E-state index in [2.05, 4.69) is 15.3 Å². The molecule has 0 unspecified atom stereocenters. The van der Waals surface area contributed by atoms with Crippen molar-refractivity contribution in [2.75, 3.05) is 13.2 Å². The highest BCUT2D eigenvalue weighted by molar-refractivity contribution is 5.93. The molecule has 0 bridgehead atoms. The Labute approximate surface area is 135 Å². The normalized spacial score (nSPS) is 17.2. The fourth-order valence-corrected chi connectivity index (χ4v) is 2.90. The van der Waals surface area contributed by atoms with Gasteiger partial charge >= 0.3 is 0 Å². The first-order valence-electron chi connectivity index (χ1n) is 7.87. The summed E-state index contributed by atoms with van der Waals surface area (Å²) in [5, 5.41) is 3.11. The smallest absolute Gasteiger partial charge is 0.288 e. The van der Waals surface area contributed by atoms with Gasteiger partial charge in [-0.05, 0) is 18.1 Å². The highest BCUT2D eigenvalue weighted by Gasteiger charge is 2.39. The molecule has 6 nitrogen and oxygen atoms in total. The topological polar surface area (TPSA) is 77.3 Å². The van der Waals surface area contributed by atoms with Crippen molar-refractivity contribution >= 4 is 5.91 Å². The molecule has 23 heavy (non-hydrogen) atoms. The van der Waals surface area contributed by atoms with Gasteiger partial charge in [-0.25, -0.2) is 9.97 Å². The van der Waals surface area contributed by atoms with Gasteiger partial charge in [-0.2, -0.15) is 0 Å². The van der Waals surface area contributed by atoms with E-state index in [1.165, 1.54) is 0 Å². The van der Waals surface area contributed by atoms with Gasteiger partial charge in [0.05, 0.1) is 6.26 Å². The molecule has 2 aromatic rings. The number of nitrogens with one attached hydrogen (secondary N) is 1. The van der Waals surface area contributed by atoms with E-state index < -0.39 is 5.54 Å². The third-order valence-corrected chi connectivity index (χ3v) is 4.22. The maximum atomic E-state index is 12.8. The van der Waals surface area contributed by atoms with Crippen molar-refractivity contribution in [1.29, 1.82) is 0 Å². The van der Waals surface area contributed by atoms with E-state index in [0.717, 1.165) is 5.56 Å². The van der Waals surface area contributed by atoms with Crippen LogP contribution in [0.1, 0.15) is 54.5 Å². The molecule has 0 spiro atoms. The van der Waals surface area contributed by atoms with Crippen LogP contribution < -0.4 is 5.32 Å². The summed E-state index contributed by atoms with van der Waals surface area (Å²) < 4.78 is 10.9. The molecule has 3 heterocycles. The summed E-state index contributed by atoms with van der Waals surface area (Å²) in [4.78, 5) is 21.5. The van der Waals surface area contributed by atoms with Gasteiger partial charge in [-0.3, -0.25) is 4.79 Å². The largest absolute Gasteiger partial charge is 0.459 e. The standard InChI is InChI=1S/C17H21N3O3/c1-12(2)13-4-9-23-14(13)15(21)20-17(5-10-22-11-6-17)16-18-7-3-8-19-16/h3-4,7-9,12H,5-6,10-11H2,1-2H3,(H,20,21). The van der Waals surface area contributed by atoms with Crippen molar-refractivity contribution in [2.24, 2.45) is 0 Å². The quantitative estimate of drug-likeness (QED) is 0.938. The van der Waals surface area contributed by atoms with Crippen LogP contribution in [0.5, 0.6) is 0 Å². The van der Waals surface area contributed by atoms with E-state index in [9.17, 15) is 4.79 Å². The van der Waals surface area contributed by atoms with E-state index in [4.69, 9.17) is 9.15 Å². The Hall–Kier alpha value is -2.21. The van der Waals surface area contributed by atoms with Crippen LogP contribution in [0.3, 0.4) is 0 Å². The average molecular weight is 315 g/mol. The van der Waals surface area contributed by atoms with Crippen molar-refractivity contribution in [3.63, 3.8) is 0 Å². The van der Waals surface area contributed by atoms with Crippen molar-refractivity contribution in [1.82, 2.24) is 15.3 Å². The van der Waals surface area contributed by atoms with Crippen molar-refractivity contribution < 1.29 is 13.9 Å². The predicted octanol–water partition coefficient (Wildman–Crippen LogP) is 2.63. The lowest BCUT2D eigenvalue weighted by Gasteiger charge is -2.36. The van der Waals surface area contributed by atoms with Gasteiger partial charge in [0.1, 0.15) is 5.54 Å². The molecule has 122 valence electrons. The summed E-state index contributed by atoms with van der Waals surface area (Å²) in [6, 6.07) is 3.61. The van der Waals surface area contributed by atoms with Crippen LogP contribution in [0.15, 0.2) is 35.2 Å². The van der Waals surface area contributed by atoms with E-state index in [1.807, 2.05) is 19.9 Å². The first kappa shape index (κ1) is 15.7. The molecule has 1 amide bonds. The first-order valence-corrected chi connectivity index (χ1v) is 7.87. The molecule has 0 aliphatic carbocycles. The van der Waals surface area contributed by atoms with E-state index in [-0.39, 0.29) is 11.8 Å². The Bertz CT molecular complexity index is 661. The van der Waals surface area contributed by atoms with E-state index >= 15 is 0 Å². The maximum Gasteiger partial charge on any atom is 0.288 e. The molecule has 1 aliphatic heterocycles. The Morgan fingerprint density at radius 2 is 1.96 bits per heavy atom. The van der Waals surface area contributed by atoms with Gasteiger partial charge in [0.2, 0.25) is 0 Å². The van der Waals surface area contributed by atoms with Crippen LogP contribution in [0.4, 0.5) is 0 Å². The Morgan fingerprint density at radius 1 is 1.26 bits per heavy atom. The minimum atomic E-state index is -0.613. The molecular formula is C17H21N3O3. The second kappa shape index (κ2) is 6.50. The lowest BCUT2D eigenvalue weighted by atomic mass is 9.88. The fraction of sp³-hybridized carbons (Fsp3) is 0.471. The minimum absolute atomic E-state index is 0.216. The predicted molar refractivity (Wildman–Crippen MR) is 84.0 cm³/mol. The van der Waals surface area contributed by atoms with Gasteiger partial charge in [0.25, 0.3) is 5.91 Å². The van der Waals surface area contributed by atoms with Crippen LogP contribution in [-0.2, 0) is 10.3 Å². The zero-order valence-corrected chi connectivity index (χ0v) is 13.4. The van der Waals surface area contributed by atoms with Gasteiger partial charge in [-0.15, -0.1) is 0 Å². The number of ether oxygens (including phenoxy) is 1. The van der Waals surface area contributed by atoms with Crippen LogP contribution in [-0.4, -0.2) is 29.1 Å². The number of hydrogen-bond acceptors (Lipinski definition) is 5. The Kier molecular flexibility index (Phi) is 4.43. The van der Waals surface area contributed by atoms with Crippen molar-refractivity contribution in [2.45, 2.75) is 38.1 Å². The summed E-state index contributed by atoms with van der Waals surface area (Å²) in [5.41, 5.74) is 0.288. The van der Waals surface area contributed by atoms with Gasteiger partial charge in [0, 0.05) is 44.0 Å². The SMILES string of the molecule is CC(C)c1ccoc1C(=O)NC1(c2ncccn2)CCOCC1. The molecule has 0 atom stereocenters. The number of amides is 1. The van der Waals surface area contributed by atoms with Gasteiger partial charge < -0.3 is 14.5 Å². The summed E-state index contributed by atoms with van der Waals surface area (Å²) in [5.74, 6) is 0.970. The average Bonchev–Trinajstić information content (AvgIpc) is 3.07. The third kappa shape index (κ3) is 3.12. The number of carbonyl (C=O) groups is 1.